The molecular formula is C11H18N2O3. The molecule has 1 aromatic heterocycles. The van der Waals surface area contributed by atoms with E-state index in [2.05, 4.69) is 5.10 Å². The lowest BCUT2D eigenvalue weighted by molar-refractivity contribution is -0.136. The van der Waals surface area contributed by atoms with Crippen LogP contribution >= 0.6 is 0 Å². The van der Waals surface area contributed by atoms with Crippen LogP contribution in [-0.4, -0.2) is 28.0 Å². The summed E-state index contributed by atoms with van der Waals surface area (Å²) in [6, 6.07) is 0.201. The van der Waals surface area contributed by atoms with Gasteiger partial charge in [-0.3, -0.25) is 4.79 Å². The second-order valence-electron chi connectivity index (χ2n) is 4.01. The summed E-state index contributed by atoms with van der Waals surface area (Å²) in [5, 5.41) is 13.0. The molecule has 0 aromatic carbocycles. The van der Waals surface area contributed by atoms with E-state index in [0.29, 0.717) is 12.3 Å². The predicted molar refractivity (Wildman–Crippen MR) is 59.9 cm³/mol. The molecule has 0 spiro atoms. The molecule has 1 rings (SSSR count). The van der Waals surface area contributed by atoms with Crippen molar-refractivity contribution in [3.63, 3.8) is 0 Å². The standard InChI is InChI=1S/C11H18N2O3/c1-7(2)13-11(16-4)9(8(3)12-13)5-6-10(14)15/h7H,5-6H2,1-4H3,(H,14,15). The van der Waals surface area contributed by atoms with Crippen LogP contribution in [0.5, 0.6) is 5.88 Å². The van der Waals surface area contributed by atoms with Crippen LogP contribution in [0.3, 0.4) is 0 Å². The fourth-order valence-corrected chi connectivity index (χ4v) is 1.65. The molecule has 0 fully saturated rings. The van der Waals surface area contributed by atoms with Crippen molar-refractivity contribution in [2.75, 3.05) is 7.11 Å². The number of aliphatic carboxylic acids is 1. The number of carboxylic acid groups (broad SMARTS) is 1. The van der Waals surface area contributed by atoms with Crippen molar-refractivity contribution in [2.45, 2.75) is 39.7 Å². The number of hydrogen-bond donors (Lipinski definition) is 1. The summed E-state index contributed by atoms with van der Waals surface area (Å²) >= 11 is 0. The van der Waals surface area contributed by atoms with Crippen LogP contribution in [-0.2, 0) is 11.2 Å². The van der Waals surface area contributed by atoms with Crippen LogP contribution in [0.25, 0.3) is 0 Å². The molecule has 0 unspecified atom stereocenters. The molecular weight excluding hydrogens is 208 g/mol. The highest BCUT2D eigenvalue weighted by atomic mass is 16.5. The molecule has 0 aliphatic heterocycles. The van der Waals surface area contributed by atoms with E-state index >= 15 is 0 Å². The van der Waals surface area contributed by atoms with E-state index in [1.54, 1.807) is 11.8 Å². The molecule has 0 radical (unpaired) electrons. The topological polar surface area (TPSA) is 64.3 Å². The van der Waals surface area contributed by atoms with E-state index in [1.807, 2.05) is 20.8 Å². The van der Waals surface area contributed by atoms with Crippen molar-refractivity contribution in [1.29, 1.82) is 0 Å². The first-order valence-corrected chi connectivity index (χ1v) is 5.31. The van der Waals surface area contributed by atoms with Crippen molar-refractivity contribution in [2.24, 2.45) is 0 Å². The van der Waals surface area contributed by atoms with Crippen LogP contribution in [0, 0.1) is 6.92 Å². The predicted octanol–water partition coefficient (Wildman–Crippen LogP) is 1.80. The van der Waals surface area contributed by atoms with Gasteiger partial charge < -0.3 is 9.84 Å². The fraction of sp³-hybridized carbons (Fsp3) is 0.636. The molecule has 0 aliphatic rings. The average molecular weight is 226 g/mol. The van der Waals surface area contributed by atoms with Gasteiger partial charge in [-0.05, 0) is 27.2 Å². The first-order valence-electron chi connectivity index (χ1n) is 5.31. The number of ether oxygens (including phenoxy) is 1. The minimum absolute atomic E-state index is 0.0982. The van der Waals surface area contributed by atoms with Crippen molar-refractivity contribution in [3.05, 3.63) is 11.3 Å². The molecule has 1 heterocycles. The largest absolute Gasteiger partial charge is 0.481 e. The molecule has 5 heteroatoms. The summed E-state index contributed by atoms with van der Waals surface area (Å²) in [4.78, 5) is 10.6. The zero-order chi connectivity index (χ0) is 12.3. The lowest BCUT2D eigenvalue weighted by Gasteiger charge is -2.10. The Bertz CT molecular complexity index is 383. The molecule has 5 nitrogen and oxygen atoms in total. The normalized spacial score (nSPS) is 10.8. The lowest BCUT2D eigenvalue weighted by Crippen LogP contribution is -2.06. The monoisotopic (exact) mass is 226 g/mol. The number of carboxylic acids is 1. The average Bonchev–Trinajstić information content (AvgIpc) is 2.51. The number of aryl methyl sites for hydroxylation is 1. The Morgan fingerprint density at radius 3 is 2.62 bits per heavy atom. The third-order valence-corrected chi connectivity index (χ3v) is 2.43. The number of carbonyl (C=O) groups is 1. The van der Waals surface area contributed by atoms with E-state index in [0.717, 1.165) is 11.3 Å². The quantitative estimate of drug-likeness (QED) is 0.831. The van der Waals surface area contributed by atoms with Gasteiger partial charge in [0.2, 0.25) is 5.88 Å². The van der Waals surface area contributed by atoms with Gasteiger partial charge in [-0.1, -0.05) is 0 Å². The highest BCUT2D eigenvalue weighted by molar-refractivity contribution is 5.67. The van der Waals surface area contributed by atoms with Crippen LogP contribution in [0.1, 0.15) is 37.6 Å². The SMILES string of the molecule is COc1c(CCC(=O)O)c(C)nn1C(C)C. The molecule has 0 atom stereocenters. The summed E-state index contributed by atoms with van der Waals surface area (Å²) in [7, 11) is 1.58. The zero-order valence-corrected chi connectivity index (χ0v) is 10.1. The second-order valence-corrected chi connectivity index (χ2v) is 4.01. The lowest BCUT2D eigenvalue weighted by atomic mass is 10.1. The van der Waals surface area contributed by atoms with Crippen molar-refractivity contribution < 1.29 is 14.6 Å². The fourth-order valence-electron chi connectivity index (χ4n) is 1.65. The maximum atomic E-state index is 10.6. The second kappa shape index (κ2) is 5.01. The van der Waals surface area contributed by atoms with Crippen LogP contribution in [0.15, 0.2) is 0 Å². The van der Waals surface area contributed by atoms with Gasteiger partial charge in [-0.2, -0.15) is 5.10 Å². The van der Waals surface area contributed by atoms with E-state index in [1.165, 1.54) is 0 Å². The molecule has 0 amide bonds. The van der Waals surface area contributed by atoms with Crippen LogP contribution in [0.2, 0.25) is 0 Å². The third-order valence-electron chi connectivity index (χ3n) is 2.43. The van der Waals surface area contributed by atoms with Gasteiger partial charge in [0.05, 0.1) is 18.8 Å². The molecule has 1 aromatic rings. The minimum Gasteiger partial charge on any atom is -0.481 e. The van der Waals surface area contributed by atoms with Crippen LogP contribution < -0.4 is 4.74 Å². The minimum atomic E-state index is -0.807. The third kappa shape index (κ3) is 2.53. The number of rotatable bonds is 5. The summed E-state index contributed by atoms with van der Waals surface area (Å²) in [6.07, 6.45) is 0.554. The first kappa shape index (κ1) is 12.5. The zero-order valence-electron chi connectivity index (χ0n) is 10.1. The van der Waals surface area contributed by atoms with Gasteiger partial charge in [0.25, 0.3) is 0 Å². The summed E-state index contributed by atoms with van der Waals surface area (Å²) in [5.41, 5.74) is 1.73. The first-order chi connectivity index (χ1) is 7.47. The van der Waals surface area contributed by atoms with Gasteiger partial charge in [0.1, 0.15) is 0 Å². The Morgan fingerprint density at radius 1 is 1.56 bits per heavy atom. The molecule has 90 valence electrons. The van der Waals surface area contributed by atoms with E-state index < -0.39 is 5.97 Å². The highest BCUT2D eigenvalue weighted by Crippen LogP contribution is 2.26. The molecule has 0 saturated carbocycles. The molecule has 0 saturated heterocycles. The number of nitrogens with zero attached hydrogens (tertiary/aromatic N) is 2. The van der Waals surface area contributed by atoms with Crippen molar-refractivity contribution in [3.8, 4) is 5.88 Å². The molecule has 0 aliphatic carbocycles. The smallest absolute Gasteiger partial charge is 0.303 e. The maximum absolute atomic E-state index is 10.6. The van der Waals surface area contributed by atoms with Crippen LogP contribution in [0.4, 0.5) is 0 Å². The number of hydrogen-bond acceptors (Lipinski definition) is 3. The number of aromatic nitrogens is 2. The van der Waals surface area contributed by atoms with Gasteiger partial charge in [-0.25, -0.2) is 4.68 Å². The van der Waals surface area contributed by atoms with Gasteiger partial charge >= 0.3 is 5.97 Å². The van der Waals surface area contributed by atoms with Crippen molar-refractivity contribution >= 4 is 5.97 Å². The van der Waals surface area contributed by atoms with Gasteiger partial charge in [-0.15, -0.1) is 0 Å². The van der Waals surface area contributed by atoms with E-state index in [-0.39, 0.29) is 12.5 Å². The van der Waals surface area contributed by atoms with E-state index in [9.17, 15) is 4.79 Å². The molecule has 0 bridgehead atoms. The number of methoxy groups -OCH3 is 1. The van der Waals surface area contributed by atoms with Gasteiger partial charge in [0, 0.05) is 12.0 Å². The van der Waals surface area contributed by atoms with Crippen molar-refractivity contribution in [1.82, 2.24) is 9.78 Å². The Morgan fingerprint density at radius 2 is 2.19 bits per heavy atom. The Balaban J connectivity index is 3.02. The molecule has 16 heavy (non-hydrogen) atoms. The van der Waals surface area contributed by atoms with Gasteiger partial charge in [0.15, 0.2) is 0 Å². The Labute approximate surface area is 95.0 Å². The summed E-state index contributed by atoms with van der Waals surface area (Å²) in [5.74, 6) is -0.132. The summed E-state index contributed by atoms with van der Waals surface area (Å²) in [6.45, 7) is 5.89. The van der Waals surface area contributed by atoms with E-state index in [4.69, 9.17) is 9.84 Å². The Hall–Kier alpha value is -1.52. The highest BCUT2D eigenvalue weighted by Gasteiger charge is 2.18. The maximum Gasteiger partial charge on any atom is 0.303 e. The molecule has 1 N–H and O–H groups in total. The summed E-state index contributed by atoms with van der Waals surface area (Å²) < 4.78 is 7.08. The Kier molecular flexibility index (Phi) is 3.93.